The topological polar surface area (TPSA) is 63.4 Å². The van der Waals surface area contributed by atoms with E-state index in [4.69, 9.17) is 5.11 Å². The predicted octanol–water partition coefficient (Wildman–Crippen LogP) is 1.89. The molecule has 0 aliphatic heterocycles. The average Bonchev–Trinajstić information content (AvgIpc) is 2.08. The zero-order valence-electron chi connectivity index (χ0n) is 6.74. The van der Waals surface area contributed by atoms with Crippen molar-refractivity contribution in [2.45, 2.75) is 6.42 Å². The lowest BCUT2D eigenvalue weighted by atomic mass is 10.1. The summed E-state index contributed by atoms with van der Waals surface area (Å²) in [7, 11) is 0. The Bertz CT molecular complexity index is 327. The molecule has 0 saturated carbocycles. The van der Waals surface area contributed by atoms with Gasteiger partial charge in [-0.1, -0.05) is 22.0 Å². The van der Waals surface area contributed by atoms with Crippen LogP contribution in [0.5, 0.6) is 0 Å². The molecule has 4 nitrogen and oxygen atoms in total. The minimum atomic E-state index is -0.451. The van der Waals surface area contributed by atoms with Gasteiger partial charge in [0.2, 0.25) is 0 Å². The summed E-state index contributed by atoms with van der Waals surface area (Å²) in [4.78, 5) is 9.91. The molecule has 0 heterocycles. The number of rotatable bonds is 3. The molecule has 0 radical (unpaired) electrons. The first-order valence-electron chi connectivity index (χ1n) is 3.69. The standard InChI is InChI=1S/C8H8BrNO3/c9-8-5-7(10(12)13)2-1-6(8)3-4-11/h1-2,5,11H,3-4H2. The van der Waals surface area contributed by atoms with Crippen LogP contribution in [0.1, 0.15) is 5.56 Å². The zero-order valence-corrected chi connectivity index (χ0v) is 8.32. The quantitative estimate of drug-likeness (QED) is 0.654. The second kappa shape index (κ2) is 4.34. The third-order valence-electron chi connectivity index (χ3n) is 1.63. The maximum Gasteiger partial charge on any atom is 0.270 e. The zero-order chi connectivity index (χ0) is 9.84. The number of hydrogen-bond donors (Lipinski definition) is 1. The Morgan fingerprint density at radius 2 is 2.23 bits per heavy atom. The first kappa shape index (κ1) is 10.1. The van der Waals surface area contributed by atoms with Crippen molar-refractivity contribution >= 4 is 21.6 Å². The molecule has 0 amide bonds. The summed E-state index contributed by atoms with van der Waals surface area (Å²) in [5, 5.41) is 19.0. The number of nitro groups is 1. The van der Waals surface area contributed by atoms with Crippen LogP contribution in [0.15, 0.2) is 22.7 Å². The highest BCUT2D eigenvalue weighted by Gasteiger charge is 2.07. The Hall–Kier alpha value is -0.940. The van der Waals surface area contributed by atoms with Crippen LogP contribution in [-0.2, 0) is 6.42 Å². The fraction of sp³-hybridized carbons (Fsp3) is 0.250. The van der Waals surface area contributed by atoms with Gasteiger partial charge >= 0.3 is 0 Å². The summed E-state index contributed by atoms with van der Waals surface area (Å²) in [5.41, 5.74) is 0.918. The van der Waals surface area contributed by atoms with E-state index in [-0.39, 0.29) is 12.3 Å². The minimum absolute atomic E-state index is 0.0381. The SMILES string of the molecule is O=[N+]([O-])c1ccc(CCO)c(Br)c1. The van der Waals surface area contributed by atoms with E-state index >= 15 is 0 Å². The van der Waals surface area contributed by atoms with E-state index in [1.807, 2.05) is 0 Å². The molecule has 0 unspecified atom stereocenters. The molecule has 0 spiro atoms. The van der Waals surface area contributed by atoms with Crippen LogP contribution in [0.4, 0.5) is 5.69 Å². The summed E-state index contributed by atoms with van der Waals surface area (Å²) >= 11 is 3.20. The summed E-state index contributed by atoms with van der Waals surface area (Å²) in [6, 6.07) is 4.50. The third kappa shape index (κ3) is 2.50. The smallest absolute Gasteiger partial charge is 0.270 e. The highest BCUT2D eigenvalue weighted by atomic mass is 79.9. The molecule has 0 bridgehead atoms. The van der Waals surface area contributed by atoms with Gasteiger partial charge in [-0.2, -0.15) is 0 Å². The van der Waals surface area contributed by atoms with Gasteiger partial charge in [-0.15, -0.1) is 0 Å². The van der Waals surface area contributed by atoms with Gasteiger partial charge in [-0.3, -0.25) is 10.1 Å². The van der Waals surface area contributed by atoms with Crippen molar-refractivity contribution < 1.29 is 10.0 Å². The molecular formula is C8H8BrNO3. The van der Waals surface area contributed by atoms with Crippen LogP contribution < -0.4 is 0 Å². The van der Waals surface area contributed by atoms with Crippen molar-refractivity contribution in [2.24, 2.45) is 0 Å². The predicted molar refractivity (Wildman–Crippen MR) is 51.6 cm³/mol. The second-order valence-corrected chi connectivity index (χ2v) is 3.36. The number of aliphatic hydroxyl groups is 1. The largest absolute Gasteiger partial charge is 0.396 e. The molecule has 13 heavy (non-hydrogen) atoms. The molecule has 1 aromatic rings. The fourth-order valence-corrected chi connectivity index (χ4v) is 1.54. The molecule has 0 atom stereocenters. The Morgan fingerprint density at radius 3 is 2.69 bits per heavy atom. The summed E-state index contributed by atoms with van der Waals surface area (Å²) < 4.78 is 0.663. The number of aliphatic hydroxyl groups excluding tert-OH is 1. The van der Waals surface area contributed by atoms with Gasteiger partial charge in [-0.25, -0.2) is 0 Å². The van der Waals surface area contributed by atoms with Crippen LogP contribution in [-0.4, -0.2) is 16.6 Å². The first-order chi connectivity index (χ1) is 6.15. The molecule has 0 aliphatic carbocycles. The lowest BCUT2D eigenvalue weighted by Gasteiger charge is -2.00. The normalized spacial score (nSPS) is 10.0. The summed E-state index contributed by atoms with van der Waals surface area (Å²) in [6.07, 6.45) is 0.499. The number of non-ortho nitro benzene ring substituents is 1. The molecule has 0 saturated heterocycles. The van der Waals surface area contributed by atoms with Crippen molar-refractivity contribution in [1.29, 1.82) is 0 Å². The van der Waals surface area contributed by atoms with Gasteiger partial charge in [0.25, 0.3) is 5.69 Å². The molecule has 70 valence electrons. The van der Waals surface area contributed by atoms with Crippen LogP contribution in [0.25, 0.3) is 0 Å². The second-order valence-electron chi connectivity index (χ2n) is 2.51. The van der Waals surface area contributed by atoms with Crippen LogP contribution in [0.3, 0.4) is 0 Å². The number of hydrogen-bond acceptors (Lipinski definition) is 3. The van der Waals surface area contributed by atoms with Crippen LogP contribution in [0, 0.1) is 10.1 Å². The number of nitrogens with zero attached hydrogens (tertiary/aromatic N) is 1. The lowest BCUT2D eigenvalue weighted by molar-refractivity contribution is -0.384. The maximum atomic E-state index is 10.4. The Labute approximate surface area is 83.5 Å². The molecule has 0 aliphatic rings. The maximum absolute atomic E-state index is 10.4. The monoisotopic (exact) mass is 245 g/mol. The molecule has 0 aromatic heterocycles. The van der Waals surface area contributed by atoms with Crippen molar-refractivity contribution in [3.8, 4) is 0 Å². The number of nitro benzene ring substituents is 1. The van der Waals surface area contributed by atoms with Crippen LogP contribution >= 0.6 is 15.9 Å². The van der Waals surface area contributed by atoms with Crippen molar-refractivity contribution in [3.05, 3.63) is 38.3 Å². The third-order valence-corrected chi connectivity index (χ3v) is 2.37. The average molecular weight is 246 g/mol. The lowest BCUT2D eigenvalue weighted by Crippen LogP contribution is -1.94. The summed E-state index contributed by atoms with van der Waals surface area (Å²) in [6.45, 7) is 0.0381. The van der Waals surface area contributed by atoms with Gasteiger partial charge in [0.05, 0.1) is 4.92 Å². The minimum Gasteiger partial charge on any atom is -0.396 e. The molecule has 1 rings (SSSR count). The van der Waals surface area contributed by atoms with Gasteiger partial charge in [-0.05, 0) is 12.0 Å². The number of benzene rings is 1. The van der Waals surface area contributed by atoms with E-state index in [9.17, 15) is 10.1 Å². The molecule has 1 N–H and O–H groups in total. The Morgan fingerprint density at radius 1 is 1.54 bits per heavy atom. The fourth-order valence-electron chi connectivity index (χ4n) is 0.973. The van der Waals surface area contributed by atoms with Crippen molar-refractivity contribution in [3.63, 3.8) is 0 Å². The van der Waals surface area contributed by atoms with Gasteiger partial charge in [0.15, 0.2) is 0 Å². The molecule has 1 aromatic carbocycles. The number of halogens is 1. The van der Waals surface area contributed by atoms with Crippen LogP contribution in [0.2, 0.25) is 0 Å². The van der Waals surface area contributed by atoms with Crippen molar-refractivity contribution in [1.82, 2.24) is 0 Å². The van der Waals surface area contributed by atoms with E-state index in [1.54, 1.807) is 6.07 Å². The van der Waals surface area contributed by atoms with Gasteiger partial charge in [0.1, 0.15) is 0 Å². The van der Waals surface area contributed by atoms with Gasteiger partial charge in [0, 0.05) is 23.2 Å². The molecule has 0 fully saturated rings. The van der Waals surface area contributed by atoms with Gasteiger partial charge < -0.3 is 5.11 Å². The molecule has 5 heteroatoms. The van der Waals surface area contributed by atoms with E-state index in [0.717, 1.165) is 5.56 Å². The highest BCUT2D eigenvalue weighted by Crippen LogP contribution is 2.22. The van der Waals surface area contributed by atoms with E-state index in [1.165, 1.54) is 12.1 Å². The highest BCUT2D eigenvalue weighted by molar-refractivity contribution is 9.10. The summed E-state index contributed by atoms with van der Waals surface area (Å²) in [5.74, 6) is 0. The van der Waals surface area contributed by atoms with E-state index in [2.05, 4.69) is 15.9 Å². The molecular weight excluding hydrogens is 238 g/mol. The van der Waals surface area contributed by atoms with E-state index in [0.29, 0.717) is 10.9 Å². The Balaban J connectivity index is 2.98. The van der Waals surface area contributed by atoms with E-state index < -0.39 is 4.92 Å². The first-order valence-corrected chi connectivity index (χ1v) is 4.48. The Kier molecular flexibility index (Phi) is 3.39. The van der Waals surface area contributed by atoms with Crippen molar-refractivity contribution in [2.75, 3.05) is 6.61 Å².